The molecule has 0 saturated carbocycles. The molecule has 5 heteroatoms. The number of imidazole rings is 1. The minimum atomic E-state index is -0.380. The number of aromatic nitrogens is 2. The number of benzene rings is 3. The number of para-hydroxylation sites is 1. The highest BCUT2D eigenvalue weighted by Gasteiger charge is 2.13. The van der Waals surface area contributed by atoms with Crippen molar-refractivity contribution in [1.29, 1.82) is 0 Å². The zero-order valence-electron chi connectivity index (χ0n) is 14.3. The van der Waals surface area contributed by atoms with Crippen LogP contribution in [0.15, 0.2) is 72.8 Å². The molecule has 0 fully saturated rings. The van der Waals surface area contributed by atoms with Gasteiger partial charge in [-0.25, -0.2) is 4.98 Å². The van der Waals surface area contributed by atoms with E-state index in [0.717, 1.165) is 33.5 Å². The summed E-state index contributed by atoms with van der Waals surface area (Å²) in [6.45, 7) is 0. The molecule has 0 aliphatic carbocycles. The first-order valence-corrected chi connectivity index (χ1v) is 8.36. The van der Waals surface area contributed by atoms with E-state index in [0.29, 0.717) is 6.42 Å². The second kappa shape index (κ2) is 6.44. The minimum Gasteiger partial charge on any atom is -0.327 e. The maximum absolute atomic E-state index is 10.8. The summed E-state index contributed by atoms with van der Waals surface area (Å²) >= 11 is 0. The van der Waals surface area contributed by atoms with Crippen LogP contribution in [-0.4, -0.2) is 14.5 Å². The van der Waals surface area contributed by atoms with E-state index in [1.807, 2.05) is 31.3 Å². The Hall–Kier alpha value is -3.47. The quantitative estimate of drug-likeness (QED) is 0.397. The Morgan fingerprint density at radius 1 is 0.962 bits per heavy atom. The van der Waals surface area contributed by atoms with Crippen LogP contribution in [0.4, 0.5) is 5.69 Å². The Morgan fingerprint density at radius 2 is 1.69 bits per heavy atom. The highest BCUT2D eigenvalue weighted by molar-refractivity contribution is 5.83. The number of hydrogen-bond donors (Lipinski definition) is 0. The number of nitro groups is 1. The number of fused-ring (bicyclic) bond motifs is 1. The molecule has 1 aromatic heterocycles. The standard InChI is InChI=1S/C21H17N3O2/c1-23-19-9-5-8-17(14-15-10-12-18(13-11-15)24(25)26)20(19)22-21(23)16-6-3-2-4-7-16/h2-13H,14H2,1H3. The molecule has 4 rings (SSSR count). The zero-order chi connectivity index (χ0) is 18.1. The normalized spacial score (nSPS) is 11.0. The number of non-ortho nitro benzene ring substituents is 1. The first-order chi connectivity index (χ1) is 12.6. The number of rotatable bonds is 4. The zero-order valence-corrected chi connectivity index (χ0v) is 14.3. The fourth-order valence-electron chi connectivity index (χ4n) is 3.22. The molecule has 0 radical (unpaired) electrons. The third kappa shape index (κ3) is 2.84. The average Bonchev–Trinajstić information content (AvgIpc) is 3.01. The molecule has 0 unspecified atom stereocenters. The lowest BCUT2D eigenvalue weighted by atomic mass is 10.0. The molecule has 26 heavy (non-hydrogen) atoms. The fourth-order valence-corrected chi connectivity index (χ4v) is 3.22. The lowest BCUT2D eigenvalue weighted by Gasteiger charge is -2.04. The molecule has 0 aliphatic rings. The molecular formula is C21H17N3O2. The topological polar surface area (TPSA) is 61.0 Å². The molecule has 0 amide bonds. The van der Waals surface area contributed by atoms with Crippen molar-refractivity contribution in [2.45, 2.75) is 6.42 Å². The lowest BCUT2D eigenvalue weighted by Crippen LogP contribution is -1.93. The van der Waals surface area contributed by atoms with Gasteiger partial charge in [0.15, 0.2) is 0 Å². The highest BCUT2D eigenvalue weighted by atomic mass is 16.6. The summed E-state index contributed by atoms with van der Waals surface area (Å²) in [5.41, 5.74) is 5.35. The van der Waals surface area contributed by atoms with Gasteiger partial charge in [-0.15, -0.1) is 0 Å². The molecule has 5 nitrogen and oxygen atoms in total. The monoisotopic (exact) mass is 343 g/mol. The third-order valence-corrected chi connectivity index (χ3v) is 4.57. The molecule has 1 heterocycles. The summed E-state index contributed by atoms with van der Waals surface area (Å²) in [7, 11) is 2.02. The van der Waals surface area contributed by atoms with Gasteiger partial charge in [-0.3, -0.25) is 10.1 Å². The fraction of sp³-hybridized carbons (Fsp3) is 0.0952. The van der Waals surface area contributed by atoms with Crippen molar-refractivity contribution in [2.24, 2.45) is 7.05 Å². The van der Waals surface area contributed by atoms with Crippen LogP contribution in [0.25, 0.3) is 22.4 Å². The Morgan fingerprint density at radius 3 is 2.38 bits per heavy atom. The van der Waals surface area contributed by atoms with Crippen LogP contribution in [0.5, 0.6) is 0 Å². The van der Waals surface area contributed by atoms with Crippen molar-refractivity contribution in [3.05, 3.63) is 94.0 Å². The van der Waals surface area contributed by atoms with E-state index in [4.69, 9.17) is 4.98 Å². The number of nitrogens with zero attached hydrogens (tertiary/aromatic N) is 3. The van der Waals surface area contributed by atoms with Crippen LogP contribution in [0.3, 0.4) is 0 Å². The number of hydrogen-bond acceptors (Lipinski definition) is 3. The molecule has 0 bridgehead atoms. The molecule has 128 valence electrons. The lowest BCUT2D eigenvalue weighted by molar-refractivity contribution is -0.384. The molecule has 0 aliphatic heterocycles. The summed E-state index contributed by atoms with van der Waals surface area (Å²) in [5, 5.41) is 10.8. The first kappa shape index (κ1) is 16.0. The van der Waals surface area contributed by atoms with Crippen molar-refractivity contribution in [2.75, 3.05) is 0 Å². The Balaban J connectivity index is 1.75. The van der Waals surface area contributed by atoms with Crippen LogP contribution >= 0.6 is 0 Å². The first-order valence-electron chi connectivity index (χ1n) is 8.36. The second-order valence-corrected chi connectivity index (χ2v) is 6.25. The van der Waals surface area contributed by atoms with Gasteiger partial charge in [0.25, 0.3) is 5.69 Å². The predicted molar refractivity (Wildman–Crippen MR) is 102 cm³/mol. The summed E-state index contributed by atoms with van der Waals surface area (Å²) in [5.74, 6) is 0.928. The second-order valence-electron chi connectivity index (χ2n) is 6.25. The minimum absolute atomic E-state index is 0.108. The van der Waals surface area contributed by atoms with Crippen molar-refractivity contribution in [3.63, 3.8) is 0 Å². The summed E-state index contributed by atoms with van der Waals surface area (Å²) in [6.07, 6.45) is 0.681. The smallest absolute Gasteiger partial charge is 0.269 e. The molecule has 4 aromatic rings. The molecule has 0 atom stereocenters. The van der Waals surface area contributed by atoms with Gasteiger partial charge in [-0.1, -0.05) is 54.6 Å². The number of nitro benzene ring substituents is 1. The summed E-state index contributed by atoms with van der Waals surface area (Å²) in [4.78, 5) is 15.3. The van der Waals surface area contributed by atoms with Gasteiger partial charge in [0, 0.05) is 24.7 Å². The highest BCUT2D eigenvalue weighted by Crippen LogP contribution is 2.27. The average molecular weight is 343 g/mol. The van der Waals surface area contributed by atoms with Crippen LogP contribution in [0.1, 0.15) is 11.1 Å². The molecular weight excluding hydrogens is 326 g/mol. The summed E-state index contributed by atoms with van der Waals surface area (Å²) in [6, 6.07) is 23.0. The SMILES string of the molecule is Cn1c(-c2ccccc2)nc2c(Cc3ccc([N+](=O)[O-])cc3)cccc21. The third-order valence-electron chi connectivity index (χ3n) is 4.57. The maximum atomic E-state index is 10.8. The van der Waals surface area contributed by atoms with Crippen LogP contribution in [0, 0.1) is 10.1 Å². The largest absolute Gasteiger partial charge is 0.327 e. The number of aryl methyl sites for hydroxylation is 1. The van der Waals surface area contributed by atoms with Gasteiger partial charge in [0.1, 0.15) is 5.82 Å². The van der Waals surface area contributed by atoms with Crippen molar-refractivity contribution in [3.8, 4) is 11.4 Å². The van der Waals surface area contributed by atoms with E-state index in [-0.39, 0.29) is 10.6 Å². The van der Waals surface area contributed by atoms with Crippen molar-refractivity contribution in [1.82, 2.24) is 9.55 Å². The molecule has 0 saturated heterocycles. The van der Waals surface area contributed by atoms with Gasteiger partial charge in [-0.05, 0) is 23.6 Å². The van der Waals surface area contributed by atoms with E-state index in [1.165, 1.54) is 0 Å². The Kier molecular flexibility index (Phi) is 3.97. The molecule has 0 spiro atoms. The van der Waals surface area contributed by atoms with Gasteiger partial charge in [0.2, 0.25) is 0 Å². The van der Waals surface area contributed by atoms with Crippen molar-refractivity contribution >= 4 is 16.7 Å². The van der Waals surface area contributed by atoms with Crippen LogP contribution in [0.2, 0.25) is 0 Å². The van der Waals surface area contributed by atoms with Gasteiger partial charge in [0.05, 0.1) is 16.0 Å². The van der Waals surface area contributed by atoms with Gasteiger partial charge in [-0.2, -0.15) is 0 Å². The Bertz CT molecular complexity index is 1080. The van der Waals surface area contributed by atoms with Gasteiger partial charge >= 0.3 is 0 Å². The summed E-state index contributed by atoms with van der Waals surface area (Å²) < 4.78 is 2.10. The van der Waals surface area contributed by atoms with Crippen LogP contribution in [-0.2, 0) is 13.5 Å². The maximum Gasteiger partial charge on any atom is 0.269 e. The van der Waals surface area contributed by atoms with Crippen LogP contribution < -0.4 is 0 Å². The van der Waals surface area contributed by atoms with E-state index < -0.39 is 0 Å². The van der Waals surface area contributed by atoms with E-state index in [9.17, 15) is 10.1 Å². The molecule has 0 N–H and O–H groups in total. The van der Waals surface area contributed by atoms with E-state index in [1.54, 1.807) is 24.3 Å². The van der Waals surface area contributed by atoms with E-state index in [2.05, 4.69) is 28.8 Å². The van der Waals surface area contributed by atoms with E-state index >= 15 is 0 Å². The van der Waals surface area contributed by atoms with Gasteiger partial charge < -0.3 is 4.57 Å². The molecule has 3 aromatic carbocycles. The predicted octanol–water partition coefficient (Wildman–Crippen LogP) is 4.74. The van der Waals surface area contributed by atoms with Crippen molar-refractivity contribution < 1.29 is 4.92 Å². The Labute approximate surface area is 150 Å².